The fourth-order valence-electron chi connectivity index (χ4n) is 4.05. The number of hydrogen-bond acceptors (Lipinski definition) is 5. The Morgan fingerprint density at radius 3 is 2.37 bits per heavy atom. The Morgan fingerprint density at radius 2 is 1.77 bits per heavy atom. The number of benzene rings is 3. The van der Waals surface area contributed by atoms with Crippen molar-refractivity contribution in [2.24, 2.45) is 10.7 Å². The summed E-state index contributed by atoms with van der Waals surface area (Å²) < 4.78 is 5.50. The van der Waals surface area contributed by atoms with E-state index in [1.807, 2.05) is 19.2 Å². The Kier molecular flexibility index (Phi) is 7.22. The Balaban J connectivity index is 1.69. The molecular formula is C26H26ClN5O3. The van der Waals surface area contributed by atoms with Gasteiger partial charge in [0.2, 0.25) is 0 Å². The van der Waals surface area contributed by atoms with Crippen LogP contribution >= 0.6 is 11.6 Å². The van der Waals surface area contributed by atoms with Gasteiger partial charge in [0.1, 0.15) is 17.6 Å². The van der Waals surface area contributed by atoms with Gasteiger partial charge < -0.3 is 20.7 Å². The van der Waals surface area contributed by atoms with E-state index >= 15 is 0 Å². The standard InChI is InChI=1S/C26H26ClN5O3/c1-31-16-15-29-24(31)17-7-11-19(12-8-17)30-25(33)23(21-5-3-4-6-22(21)35-2)32(26(28)34)20-13-9-18(27)10-14-20/h3-14,23H,15-16H2,1-2H3,(H2,28,34)(H,30,33). The minimum atomic E-state index is -1.10. The van der Waals surface area contributed by atoms with E-state index in [0.717, 1.165) is 24.5 Å². The first kappa shape index (κ1) is 24.1. The van der Waals surface area contributed by atoms with Crippen molar-refractivity contribution in [3.8, 4) is 5.75 Å². The SMILES string of the molecule is COc1ccccc1C(C(=O)Nc1ccc(C2=NCCN2C)cc1)N(C(N)=O)c1ccc(Cl)cc1. The van der Waals surface area contributed by atoms with Crippen molar-refractivity contribution in [3.05, 3.63) is 88.9 Å². The molecule has 3 amide bonds. The van der Waals surface area contributed by atoms with Crippen molar-refractivity contribution in [2.45, 2.75) is 6.04 Å². The highest BCUT2D eigenvalue weighted by Gasteiger charge is 2.34. The number of nitrogens with two attached hydrogens (primary N) is 1. The van der Waals surface area contributed by atoms with Crippen LogP contribution < -0.4 is 20.7 Å². The number of rotatable bonds is 7. The normalized spacial score (nSPS) is 13.7. The molecule has 0 saturated heterocycles. The number of amidine groups is 1. The third kappa shape index (κ3) is 5.22. The number of carbonyl (C=O) groups excluding carboxylic acids is 2. The zero-order valence-electron chi connectivity index (χ0n) is 19.4. The zero-order chi connectivity index (χ0) is 24.9. The minimum Gasteiger partial charge on any atom is -0.496 e. The number of carbonyl (C=O) groups is 2. The van der Waals surface area contributed by atoms with Gasteiger partial charge in [-0.15, -0.1) is 0 Å². The van der Waals surface area contributed by atoms with Crippen LogP contribution in [0.2, 0.25) is 5.02 Å². The Hall–Kier alpha value is -4.04. The quantitative estimate of drug-likeness (QED) is 0.514. The van der Waals surface area contributed by atoms with Crippen molar-refractivity contribution < 1.29 is 14.3 Å². The molecule has 0 radical (unpaired) electrons. The van der Waals surface area contributed by atoms with Gasteiger partial charge in [-0.05, 0) is 54.6 Å². The van der Waals surface area contributed by atoms with Gasteiger partial charge in [-0.3, -0.25) is 14.7 Å². The van der Waals surface area contributed by atoms with Gasteiger partial charge in [-0.2, -0.15) is 0 Å². The van der Waals surface area contributed by atoms with E-state index in [0.29, 0.717) is 27.7 Å². The minimum absolute atomic E-state index is 0.422. The molecular weight excluding hydrogens is 466 g/mol. The van der Waals surface area contributed by atoms with Crippen LogP contribution in [0.25, 0.3) is 0 Å². The molecule has 0 aromatic heterocycles. The Labute approximate surface area is 209 Å². The molecule has 0 spiro atoms. The summed E-state index contributed by atoms with van der Waals surface area (Å²) >= 11 is 6.03. The predicted molar refractivity (Wildman–Crippen MR) is 138 cm³/mol. The van der Waals surface area contributed by atoms with Crippen molar-refractivity contribution in [2.75, 3.05) is 37.5 Å². The average molecular weight is 492 g/mol. The molecule has 4 rings (SSSR count). The molecule has 1 unspecified atom stereocenters. The van der Waals surface area contributed by atoms with Gasteiger partial charge in [-0.1, -0.05) is 29.8 Å². The van der Waals surface area contributed by atoms with Crippen LogP contribution in [0, 0.1) is 0 Å². The summed E-state index contributed by atoms with van der Waals surface area (Å²) in [7, 11) is 3.50. The van der Waals surface area contributed by atoms with E-state index < -0.39 is 18.0 Å². The van der Waals surface area contributed by atoms with Gasteiger partial charge in [0.15, 0.2) is 0 Å². The highest BCUT2D eigenvalue weighted by Crippen LogP contribution is 2.34. The molecule has 35 heavy (non-hydrogen) atoms. The molecule has 0 fully saturated rings. The van der Waals surface area contributed by atoms with Crippen molar-refractivity contribution in [1.82, 2.24) is 4.90 Å². The molecule has 9 heteroatoms. The summed E-state index contributed by atoms with van der Waals surface area (Å²) in [4.78, 5) is 34.2. The third-order valence-electron chi connectivity index (χ3n) is 5.75. The van der Waals surface area contributed by atoms with Gasteiger partial charge >= 0.3 is 6.03 Å². The van der Waals surface area contributed by atoms with E-state index in [-0.39, 0.29) is 0 Å². The van der Waals surface area contributed by atoms with E-state index in [4.69, 9.17) is 22.1 Å². The molecule has 3 N–H and O–H groups in total. The summed E-state index contributed by atoms with van der Waals surface area (Å²) in [6.45, 7) is 1.64. The number of likely N-dealkylation sites (N-methyl/N-ethyl adjacent to an activating group) is 1. The summed E-state index contributed by atoms with van der Waals surface area (Å²) in [6.07, 6.45) is 0. The molecule has 0 saturated carbocycles. The second kappa shape index (κ2) is 10.5. The maximum Gasteiger partial charge on any atom is 0.320 e. The monoisotopic (exact) mass is 491 g/mol. The van der Waals surface area contributed by atoms with Gasteiger partial charge in [0.25, 0.3) is 5.91 Å². The van der Waals surface area contributed by atoms with Gasteiger partial charge in [-0.25, -0.2) is 4.79 Å². The molecule has 3 aromatic carbocycles. The number of methoxy groups -OCH3 is 1. The molecule has 1 heterocycles. The highest BCUT2D eigenvalue weighted by molar-refractivity contribution is 6.30. The number of ether oxygens (including phenoxy) is 1. The fourth-order valence-corrected chi connectivity index (χ4v) is 4.18. The van der Waals surface area contributed by atoms with Crippen LogP contribution in [-0.4, -0.2) is 49.9 Å². The predicted octanol–water partition coefficient (Wildman–Crippen LogP) is 4.31. The third-order valence-corrected chi connectivity index (χ3v) is 6.00. The first-order chi connectivity index (χ1) is 16.9. The maximum absolute atomic E-state index is 13.7. The zero-order valence-corrected chi connectivity index (χ0v) is 20.2. The summed E-state index contributed by atoms with van der Waals surface area (Å²) in [6, 6.07) is 19.1. The number of hydrogen-bond donors (Lipinski definition) is 2. The Bertz CT molecular complexity index is 1240. The number of para-hydroxylation sites is 1. The number of aliphatic imine (C=N–C) groups is 1. The van der Waals surface area contributed by atoms with Crippen LogP contribution in [0.4, 0.5) is 16.2 Å². The van der Waals surface area contributed by atoms with Crippen LogP contribution in [0.5, 0.6) is 5.75 Å². The molecule has 1 aliphatic heterocycles. The number of primary amides is 1. The fraction of sp³-hybridized carbons (Fsp3) is 0.192. The molecule has 1 atom stereocenters. The molecule has 3 aromatic rings. The van der Waals surface area contributed by atoms with E-state index in [1.165, 1.54) is 12.0 Å². The van der Waals surface area contributed by atoms with E-state index in [1.54, 1.807) is 60.7 Å². The topological polar surface area (TPSA) is 100 Å². The lowest BCUT2D eigenvalue weighted by atomic mass is 10.0. The van der Waals surface area contributed by atoms with Gasteiger partial charge in [0.05, 0.1) is 13.7 Å². The summed E-state index contributed by atoms with van der Waals surface area (Å²) in [5.41, 5.74) is 8.23. The first-order valence-electron chi connectivity index (χ1n) is 11.0. The molecule has 1 aliphatic rings. The number of nitrogens with zero attached hydrogens (tertiary/aromatic N) is 3. The van der Waals surface area contributed by atoms with Crippen LogP contribution in [0.3, 0.4) is 0 Å². The Morgan fingerprint density at radius 1 is 1.09 bits per heavy atom. The second-order valence-electron chi connectivity index (χ2n) is 8.02. The molecule has 0 bridgehead atoms. The molecule has 0 aliphatic carbocycles. The maximum atomic E-state index is 13.7. The lowest BCUT2D eigenvalue weighted by Gasteiger charge is -2.30. The first-order valence-corrected chi connectivity index (χ1v) is 11.4. The number of nitrogens with one attached hydrogen (secondary N) is 1. The van der Waals surface area contributed by atoms with E-state index in [2.05, 4.69) is 15.2 Å². The lowest BCUT2D eigenvalue weighted by Crippen LogP contribution is -2.44. The second-order valence-corrected chi connectivity index (χ2v) is 8.46. The number of urea groups is 1. The van der Waals surface area contributed by atoms with Crippen LogP contribution in [0.15, 0.2) is 77.8 Å². The van der Waals surface area contributed by atoms with Crippen LogP contribution in [0.1, 0.15) is 17.2 Å². The van der Waals surface area contributed by atoms with Crippen LogP contribution in [-0.2, 0) is 4.79 Å². The average Bonchev–Trinajstić information content (AvgIpc) is 3.29. The van der Waals surface area contributed by atoms with Gasteiger partial charge in [0, 0.05) is 41.1 Å². The number of amides is 3. The highest BCUT2D eigenvalue weighted by atomic mass is 35.5. The number of anilines is 2. The summed E-state index contributed by atoms with van der Waals surface area (Å²) in [5, 5.41) is 3.41. The van der Waals surface area contributed by atoms with Crippen molar-refractivity contribution >= 4 is 40.7 Å². The van der Waals surface area contributed by atoms with Crippen molar-refractivity contribution in [1.29, 1.82) is 0 Å². The van der Waals surface area contributed by atoms with Crippen molar-refractivity contribution in [3.63, 3.8) is 0 Å². The van der Waals surface area contributed by atoms with E-state index in [9.17, 15) is 9.59 Å². The smallest absolute Gasteiger partial charge is 0.320 e. The number of halogens is 1. The largest absolute Gasteiger partial charge is 0.496 e. The molecule has 8 nitrogen and oxygen atoms in total. The summed E-state index contributed by atoms with van der Waals surface area (Å²) in [5.74, 6) is 0.911. The lowest BCUT2D eigenvalue weighted by molar-refractivity contribution is -0.117. The molecule has 180 valence electrons.